The summed E-state index contributed by atoms with van der Waals surface area (Å²) >= 11 is 0. The van der Waals surface area contributed by atoms with Gasteiger partial charge in [-0.1, -0.05) is 30.3 Å². The van der Waals surface area contributed by atoms with Gasteiger partial charge in [-0.2, -0.15) is 0 Å². The minimum absolute atomic E-state index is 0.0840. The van der Waals surface area contributed by atoms with Gasteiger partial charge in [-0.05, 0) is 43.7 Å². The van der Waals surface area contributed by atoms with Crippen LogP contribution in [0.3, 0.4) is 0 Å². The number of carbonyl (C=O) groups excluding carboxylic acids is 1. The Morgan fingerprint density at radius 1 is 0.920 bits per heavy atom. The average molecular weight is 361 g/mol. The van der Waals surface area contributed by atoms with E-state index in [4.69, 9.17) is 0 Å². The van der Waals surface area contributed by atoms with Crippen molar-refractivity contribution in [1.82, 2.24) is 5.32 Å². The largest absolute Gasteiger partial charge is 0.374 e. The molecule has 0 aliphatic heterocycles. The molecular formula is C18H23N3O3S. The fourth-order valence-electron chi connectivity index (χ4n) is 2.33. The highest BCUT2D eigenvalue weighted by Crippen LogP contribution is 2.16. The summed E-state index contributed by atoms with van der Waals surface area (Å²) in [6.07, 6.45) is 1.10. The van der Waals surface area contributed by atoms with Crippen molar-refractivity contribution in [2.24, 2.45) is 0 Å². The van der Waals surface area contributed by atoms with E-state index < -0.39 is 16.1 Å². The fraction of sp³-hybridized carbons (Fsp3) is 0.278. The van der Waals surface area contributed by atoms with Crippen LogP contribution in [-0.4, -0.2) is 26.6 Å². The summed E-state index contributed by atoms with van der Waals surface area (Å²) in [5.74, 6) is -0.116. The number of hydrogen-bond donors (Lipinski definition) is 3. The highest BCUT2D eigenvalue weighted by molar-refractivity contribution is 7.92. The number of anilines is 2. The lowest BCUT2D eigenvalue weighted by Crippen LogP contribution is -2.38. The second-order valence-corrected chi connectivity index (χ2v) is 7.71. The molecule has 0 unspecified atom stereocenters. The average Bonchev–Trinajstić information content (AvgIpc) is 2.56. The molecule has 1 amide bonds. The highest BCUT2D eigenvalue weighted by atomic mass is 32.2. The third kappa shape index (κ3) is 6.11. The van der Waals surface area contributed by atoms with Gasteiger partial charge in [0.25, 0.3) is 0 Å². The topological polar surface area (TPSA) is 87.3 Å². The van der Waals surface area contributed by atoms with Crippen LogP contribution in [0.4, 0.5) is 11.4 Å². The standard InChI is InChI=1S/C18H23N3O3S/c1-13(15-7-5-4-6-8-15)20-18(22)14(2)19-16-9-11-17(12-10-16)21-25(3,23)24/h4-14,19,21H,1-3H3,(H,20,22)/t13-,14-/m0/s1. The van der Waals surface area contributed by atoms with Crippen LogP contribution in [0.1, 0.15) is 25.5 Å². The van der Waals surface area contributed by atoms with Crippen molar-refractivity contribution in [1.29, 1.82) is 0 Å². The van der Waals surface area contributed by atoms with Gasteiger partial charge in [-0.3, -0.25) is 9.52 Å². The second kappa shape index (κ2) is 8.02. The molecule has 7 heteroatoms. The Hall–Kier alpha value is -2.54. The van der Waals surface area contributed by atoms with Gasteiger partial charge in [0.05, 0.1) is 12.3 Å². The zero-order valence-corrected chi connectivity index (χ0v) is 15.3. The Balaban J connectivity index is 1.92. The van der Waals surface area contributed by atoms with Gasteiger partial charge in [0.2, 0.25) is 15.9 Å². The Bertz CT molecular complexity index is 805. The van der Waals surface area contributed by atoms with E-state index in [1.165, 1.54) is 0 Å². The molecule has 134 valence electrons. The number of hydrogen-bond acceptors (Lipinski definition) is 4. The summed E-state index contributed by atoms with van der Waals surface area (Å²) in [4.78, 5) is 12.3. The second-order valence-electron chi connectivity index (χ2n) is 5.96. The minimum Gasteiger partial charge on any atom is -0.374 e. The van der Waals surface area contributed by atoms with Crippen LogP contribution in [0.2, 0.25) is 0 Å². The van der Waals surface area contributed by atoms with Gasteiger partial charge in [0, 0.05) is 11.4 Å². The summed E-state index contributed by atoms with van der Waals surface area (Å²) in [5.41, 5.74) is 2.25. The van der Waals surface area contributed by atoms with Crippen LogP contribution in [0.5, 0.6) is 0 Å². The molecule has 0 aliphatic carbocycles. The number of amides is 1. The Kier molecular flexibility index (Phi) is 6.03. The van der Waals surface area contributed by atoms with Crippen LogP contribution in [0, 0.1) is 0 Å². The Morgan fingerprint density at radius 2 is 1.48 bits per heavy atom. The number of sulfonamides is 1. The maximum Gasteiger partial charge on any atom is 0.242 e. The van der Waals surface area contributed by atoms with Crippen molar-refractivity contribution < 1.29 is 13.2 Å². The SMILES string of the molecule is C[C@H](Nc1ccc(NS(C)(=O)=O)cc1)C(=O)N[C@@H](C)c1ccccc1. The van der Waals surface area contributed by atoms with Gasteiger partial charge in [-0.15, -0.1) is 0 Å². The van der Waals surface area contributed by atoms with E-state index in [1.807, 2.05) is 37.3 Å². The summed E-state index contributed by atoms with van der Waals surface area (Å²) in [6, 6.07) is 15.9. The fourth-order valence-corrected chi connectivity index (χ4v) is 2.89. The van der Waals surface area contributed by atoms with Crippen molar-refractivity contribution in [3.05, 3.63) is 60.2 Å². The smallest absolute Gasteiger partial charge is 0.242 e. The van der Waals surface area contributed by atoms with Crippen LogP contribution in [0.15, 0.2) is 54.6 Å². The molecule has 0 saturated heterocycles. The molecule has 0 heterocycles. The van der Waals surface area contributed by atoms with Crippen molar-refractivity contribution >= 4 is 27.3 Å². The molecule has 0 bridgehead atoms. The predicted molar refractivity (Wildman–Crippen MR) is 101 cm³/mol. The first-order chi connectivity index (χ1) is 11.7. The summed E-state index contributed by atoms with van der Waals surface area (Å²) < 4.78 is 24.8. The van der Waals surface area contributed by atoms with Gasteiger partial charge in [0.1, 0.15) is 6.04 Å². The zero-order valence-electron chi connectivity index (χ0n) is 14.5. The maximum atomic E-state index is 12.3. The lowest BCUT2D eigenvalue weighted by molar-refractivity contribution is -0.122. The number of benzene rings is 2. The van der Waals surface area contributed by atoms with Crippen LogP contribution in [-0.2, 0) is 14.8 Å². The van der Waals surface area contributed by atoms with Crippen molar-refractivity contribution in [2.75, 3.05) is 16.3 Å². The molecule has 6 nitrogen and oxygen atoms in total. The molecule has 2 aromatic carbocycles. The van der Waals surface area contributed by atoms with E-state index in [1.54, 1.807) is 31.2 Å². The normalized spacial score (nSPS) is 13.6. The maximum absolute atomic E-state index is 12.3. The molecule has 0 aliphatic rings. The molecule has 25 heavy (non-hydrogen) atoms. The molecule has 2 rings (SSSR count). The molecule has 0 radical (unpaired) electrons. The monoisotopic (exact) mass is 361 g/mol. The van der Waals surface area contributed by atoms with Crippen LogP contribution in [0.25, 0.3) is 0 Å². The van der Waals surface area contributed by atoms with E-state index in [9.17, 15) is 13.2 Å². The first kappa shape index (κ1) is 18.8. The van der Waals surface area contributed by atoms with E-state index in [2.05, 4.69) is 15.4 Å². The molecule has 2 atom stereocenters. The first-order valence-corrected chi connectivity index (χ1v) is 9.83. The third-order valence-electron chi connectivity index (χ3n) is 3.62. The molecule has 0 saturated carbocycles. The molecule has 0 fully saturated rings. The van der Waals surface area contributed by atoms with Crippen LogP contribution >= 0.6 is 0 Å². The summed E-state index contributed by atoms with van der Waals surface area (Å²) in [7, 11) is -3.30. The van der Waals surface area contributed by atoms with Crippen LogP contribution < -0.4 is 15.4 Å². The van der Waals surface area contributed by atoms with E-state index in [-0.39, 0.29) is 11.9 Å². The minimum atomic E-state index is -3.30. The molecule has 3 N–H and O–H groups in total. The summed E-state index contributed by atoms with van der Waals surface area (Å²) in [6.45, 7) is 3.71. The number of nitrogens with one attached hydrogen (secondary N) is 3. The quantitative estimate of drug-likeness (QED) is 0.708. The Morgan fingerprint density at radius 3 is 2.04 bits per heavy atom. The van der Waals surface area contributed by atoms with Crippen molar-refractivity contribution in [2.45, 2.75) is 25.9 Å². The van der Waals surface area contributed by atoms with Gasteiger partial charge >= 0.3 is 0 Å². The Labute approximate surface area is 148 Å². The van der Waals surface area contributed by atoms with E-state index >= 15 is 0 Å². The number of carbonyl (C=O) groups is 1. The lowest BCUT2D eigenvalue weighted by atomic mass is 10.1. The summed E-state index contributed by atoms with van der Waals surface area (Å²) in [5, 5.41) is 6.06. The molecule has 0 aromatic heterocycles. The lowest BCUT2D eigenvalue weighted by Gasteiger charge is -2.19. The van der Waals surface area contributed by atoms with Gasteiger partial charge in [-0.25, -0.2) is 8.42 Å². The molecular weight excluding hydrogens is 338 g/mol. The van der Waals surface area contributed by atoms with Gasteiger partial charge < -0.3 is 10.6 Å². The third-order valence-corrected chi connectivity index (χ3v) is 4.23. The van der Waals surface area contributed by atoms with E-state index in [0.717, 1.165) is 17.5 Å². The molecule has 0 spiro atoms. The highest BCUT2D eigenvalue weighted by Gasteiger charge is 2.16. The first-order valence-electron chi connectivity index (χ1n) is 7.94. The van der Waals surface area contributed by atoms with E-state index in [0.29, 0.717) is 5.69 Å². The van der Waals surface area contributed by atoms with Crippen molar-refractivity contribution in [3.8, 4) is 0 Å². The predicted octanol–water partition coefficient (Wildman–Crippen LogP) is 2.74. The zero-order chi connectivity index (χ0) is 18.4. The van der Waals surface area contributed by atoms with Gasteiger partial charge in [0.15, 0.2) is 0 Å². The number of rotatable bonds is 7. The molecule has 2 aromatic rings. The van der Waals surface area contributed by atoms with Crippen molar-refractivity contribution in [3.63, 3.8) is 0 Å².